The van der Waals surface area contributed by atoms with Crippen molar-refractivity contribution in [2.24, 2.45) is 5.92 Å². The number of benzene rings is 1. The van der Waals surface area contributed by atoms with Gasteiger partial charge >= 0.3 is 5.97 Å². The lowest BCUT2D eigenvalue weighted by molar-refractivity contribution is -0.143. The first kappa shape index (κ1) is 18.3. The van der Waals surface area contributed by atoms with Crippen LogP contribution in [0.2, 0.25) is 0 Å². The second-order valence-electron chi connectivity index (χ2n) is 5.25. The zero-order valence-corrected chi connectivity index (χ0v) is 14.1. The number of hydrogen-bond acceptors (Lipinski definition) is 4. The summed E-state index contributed by atoms with van der Waals surface area (Å²) in [5.74, 6) is -0.261. The van der Waals surface area contributed by atoms with Gasteiger partial charge in [-0.25, -0.2) is 4.79 Å². The van der Waals surface area contributed by atoms with Crippen molar-refractivity contribution in [1.82, 2.24) is 5.32 Å². The number of carbonyl (C=O) groups is 2. The van der Waals surface area contributed by atoms with Crippen LogP contribution in [0.4, 0.5) is 0 Å². The number of thioether (sulfide) groups is 1. The summed E-state index contributed by atoms with van der Waals surface area (Å²) in [4.78, 5) is 24.2. The normalized spacial score (nSPS) is 10.9. The van der Waals surface area contributed by atoms with E-state index in [-0.39, 0.29) is 12.5 Å². The Morgan fingerprint density at radius 3 is 2.55 bits per heavy atom. The van der Waals surface area contributed by atoms with Gasteiger partial charge in [-0.3, -0.25) is 4.79 Å². The minimum atomic E-state index is -0.520. The molecular formula is C17H23NO3S. The SMILES string of the molecule is CSc1ccc(/C=C/C(=O)OCC(=O)NCCC(C)C)cc1. The molecule has 0 bridgehead atoms. The molecule has 120 valence electrons. The van der Waals surface area contributed by atoms with E-state index in [0.29, 0.717) is 12.5 Å². The summed E-state index contributed by atoms with van der Waals surface area (Å²) in [5.41, 5.74) is 0.913. The van der Waals surface area contributed by atoms with Crippen LogP contribution in [-0.2, 0) is 14.3 Å². The number of amides is 1. The van der Waals surface area contributed by atoms with Gasteiger partial charge in [0.05, 0.1) is 0 Å². The molecule has 0 unspecified atom stereocenters. The third kappa shape index (κ3) is 7.88. The van der Waals surface area contributed by atoms with E-state index in [4.69, 9.17) is 4.74 Å². The number of hydrogen-bond donors (Lipinski definition) is 1. The zero-order chi connectivity index (χ0) is 16.4. The van der Waals surface area contributed by atoms with Crippen LogP contribution in [0.3, 0.4) is 0 Å². The highest BCUT2D eigenvalue weighted by Crippen LogP contribution is 2.15. The fraction of sp³-hybridized carbons (Fsp3) is 0.412. The summed E-state index contributed by atoms with van der Waals surface area (Å²) in [6, 6.07) is 7.82. The summed E-state index contributed by atoms with van der Waals surface area (Å²) in [6.07, 6.45) is 5.92. The van der Waals surface area contributed by atoms with Crippen LogP contribution in [0.1, 0.15) is 25.8 Å². The van der Waals surface area contributed by atoms with Gasteiger partial charge in [-0.1, -0.05) is 26.0 Å². The van der Waals surface area contributed by atoms with Crippen LogP contribution in [0.15, 0.2) is 35.2 Å². The highest BCUT2D eigenvalue weighted by molar-refractivity contribution is 7.98. The Hall–Kier alpha value is -1.75. The standard InChI is InChI=1S/C17H23NO3S/c1-13(2)10-11-18-16(19)12-21-17(20)9-6-14-4-7-15(22-3)8-5-14/h4-9,13H,10-12H2,1-3H3,(H,18,19)/b9-6+. The molecule has 0 aliphatic carbocycles. The molecule has 1 aromatic carbocycles. The minimum Gasteiger partial charge on any atom is -0.452 e. The molecule has 5 heteroatoms. The molecule has 0 heterocycles. The lowest BCUT2D eigenvalue weighted by Crippen LogP contribution is -2.29. The number of nitrogens with one attached hydrogen (secondary N) is 1. The third-order valence-electron chi connectivity index (χ3n) is 2.92. The molecule has 0 radical (unpaired) electrons. The van der Waals surface area contributed by atoms with Gasteiger partial charge in [0.2, 0.25) is 0 Å². The monoisotopic (exact) mass is 321 g/mol. The van der Waals surface area contributed by atoms with Gasteiger partial charge in [0.1, 0.15) is 0 Å². The minimum absolute atomic E-state index is 0.243. The van der Waals surface area contributed by atoms with Crippen molar-refractivity contribution in [2.45, 2.75) is 25.2 Å². The molecule has 4 nitrogen and oxygen atoms in total. The van der Waals surface area contributed by atoms with Gasteiger partial charge in [0, 0.05) is 17.5 Å². The second-order valence-corrected chi connectivity index (χ2v) is 6.13. The van der Waals surface area contributed by atoms with Crippen LogP contribution in [0.25, 0.3) is 6.08 Å². The number of esters is 1. The Kier molecular flexibility index (Phi) is 8.36. The smallest absolute Gasteiger partial charge is 0.331 e. The van der Waals surface area contributed by atoms with Crippen molar-refractivity contribution in [1.29, 1.82) is 0 Å². The van der Waals surface area contributed by atoms with E-state index >= 15 is 0 Å². The van der Waals surface area contributed by atoms with Gasteiger partial charge in [-0.05, 0) is 42.4 Å². The van der Waals surface area contributed by atoms with Crippen LogP contribution in [0.5, 0.6) is 0 Å². The van der Waals surface area contributed by atoms with Crippen LogP contribution in [0, 0.1) is 5.92 Å². The molecule has 0 atom stereocenters. The summed E-state index contributed by atoms with van der Waals surface area (Å²) in [5, 5.41) is 2.71. The maximum Gasteiger partial charge on any atom is 0.331 e. The van der Waals surface area contributed by atoms with Gasteiger partial charge in [0.15, 0.2) is 6.61 Å². The molecule has 1 rings (SSSR count). The molecule has 0 saturated heterocycles. The van der Waals surface area contributed by atoms with Gasteiger partial charge in [-0.15, -0.1) is 11.8 Å². The Bertz CT molecular complexity index is 509. The molecular weight excluding hydrogens is 298 g/mol. The molecule has 0 aromatic heterocycles. The number of ether oxygens (including phenoxy) is 1. The molecule has 0 aliphatic rings. The number of rotatable bonds is 8. The average Bonchev–Trinajstić information content (AvgIpc) is 2.51. The van der Waals surface area contributed by atoms with E-state index in [2.05, 4.69) is 19.2 Å². The predicted molar refractivity (Wildman–Crippen MR) is 90.7 cm³/mol. The molecule has 1 amide bonds. The Morgan fingerprint density at radius 1 is 1.27 bits per heavy atom. The maximum atomic E-state index is 11.5. The van der Waals surface area contributed by atoms with Gasteiger partial charge < -0.3 is 10.1 Å². The number of carbonyl (C=O) groups excluding carboxylic acids is 2. The Balaban J connectivity index is 2.30. The molecule has 0 fully saturated rings. The first-order chi connectivity index (χ1) is 10.5. The van der Waals surface area contributed by atoms with Crippen LogP contribution in [-0.4, -0.2) is 31.3 Å². The maximum absolute atomic E-state index is 11.5. The molecule has 0 aliphatic heterocycles. The Labute approximate surface area is 136 Å². The largest absolute Gasteiger partial charge is 0.452 e. The molecule has 22 heavy (non-hydrogen) atoms. The summed E-state index contributed by atoms with van der Waals surface area (Å²) in [7, 11) is 0. The molecule has 0 saturated carbocycles. The second kappa shape index (κ2) is 10.1. The first-order valence-electron chi connectivity index (χ1n) is 7.27. The zero-order valence-electron chi connectivity index (χ0n) is 13.3. The van der Waals surface area contributed by atoms with Crippen LogP contribution >= 0.6 is 11.8 Å². The summed E-state index contributed by atoms with van der Waals surface area (Å²) >= 11 is 1.66. The highest BCUT2D eigenvalue weighted by atomic mass is 32.2. The summed E-state index contributed by atoms with van der Waals surface area (Å²) in [6.45, 7) is 4.53. The van der Waals surface area contributed by atoms with Crippen molar-refractivity contribution in [3.8, 4) is 0 Å². The topological polar surface area (TPSA) is 55.4 Å². The molecule has 0 spiro atoms. The van der Waals surface area contributed by atoms with E-state index in [9.17, 15) is 9.59 Å². The van der Waals surface area contributed by atoms with Crippen molar-refractivity contribution in [3.05, 3.63) is 35.9 Å². The first-order valence-corrected chi connectivity index (χ1v) is 8.49. The average molecular weight is 321 g/mol. The van der Waals surface area contributed by atoms with Crippen molar-refractivity contribution in [3.63, 3.8) is 0 Å². The van der Waals surface area contributed by atoms with Crippen molar-refractivity contribution >= 4 is 29.7 Å². The predicted octanol–water partition coefficient (Wildman–Crippen LogP) is 3.13. The van der Waals surface area contributed by atoms with Crippen LogP contribution < -0.4 is 5.32 Å². The quantitative estimate of drug-likeness (QED) is 0.454. The lowest BCUT2D eigenvalue weighted by Gasteiger charge is -2.07. The van der Waals surface area contributed by atoms with Gasteiger partial charge in [0.25, 0.3) is 5.91 Å². The van der Waals surface area contributed by atoms with Crippen molar-refractivity contribution < 1.29 is 14.3 Å². The summed E-state index contributed by atoms with van der Waals surface area (Å²) < 4.78 is 4.89. The third-order valence-corrected chi connectivity index (χ3v) is 3.66. The molecule has 1 N–H and O–H groups in total. The fourth-order valence-electron chi connectivity index (χ4n) is 1.62. The lowest BCUT2D eigenvalue weighted by atomic mass is 10.1. The van der Waals surface area contributed by atoms with E-state index in [1.807, 2.05) is 30.5 Å². The van der Waals surface area contributed by atoms with E-state index in [1.165, 1.54) is 6.08 Å². The fourth-order valence-corrected chi connectivity index (χ4v) is 2.02. The highest BCUT2D eigenvalue weighted by Gasteiger charge is 2.04. The van der Waals surface area contributed by atoms with E-state index < -0.39 is 5.97 Å². The van der Waals surface area contributed by atoms with Crippen molar-refractivity contribution in [2.75, 3.05) is 19.4 Å². The molecule has 1 aromatic rings. The van der Waals surface area contributed by atoms with Gasteiger partial charge in [-0.2, -0.15) is 0 Å². The van der Waals surface area contributed by atoms with E-state index in [1.54, 1.807) is 17.8 Å². The van der Waals surface area contributed by atoms with E-state index in [0.717, 1.165) is 16.9 Å². The Morgan fingerprint density at radius 2 is 1.95 bits per heavy atom.